The molecule has 2 aromatic carbocycles. The van der Waals surface area contributed by atoms with Crippen molar-refractivity contribution in [2.45, 2.75) is 30.6 Å². The van der Waals surface area contributed by atoms with Gasteiger partial charge in [-0.25, -0.2) is 12.8 Å². The molecule has 1 amide bonds. The molecule has 150 valence electrons. The van der Waals surface area contributed by atoms with E-state index in [2.05, 4.69) is 6.92 Å². The first kappa shape index (κ1) is 20.5. The molecule has 7 heteroatoms. The van der Waals surface area contributed by atoms with Crippen molar-refractivity contribution in [1.82, 2.24) is 9.21 Å². The zero-order valence-corrected chi connectivity index (χ0v) is 16.7. The third-order valence-electron chi connectivity index (χ3n) is 5.08. The molecule has 0 aliphatic carbocycles. The molecule has 2 aromatic rings. The summed E-state index contributed by atoms with van der Waals surface area (Å²) in [5.41, 5.74) is 0.996. The topological polar surface area (TPSA) is 57.7 Å². The summed E-state index contributed by atoms with van der Waals surface area (Å²) in [5, 5.41) is 0. The second kappa shape index (κ2) is 8.84. The highest BCUT2D eigenvalue weighted by atomic mass is 32.2. The van der Waals surface area contributed by atoms with Crippen molar-refractivity contribution in [2.24, 2.45) is 0 Å². The van der Waals surface area contributed by atoms with Crippen molar-refractivity contribution in [3.8, 4) is 0 Å². The largest absolute Gasteiger partial charge is 0.340 e. The summed E-state index contributed by atoms with van der Waals surface area (Å²) in [7, 11) is -3.68. The Bertz CT molecular complexity index is 893. The van der Waals surface area contributed by atoms with Gasteiger partial charge in [-0.1, -0.05) is 43.7 Å². The molecule has 0 N–H and O–H groups in total. The summed E-state index contributed by atoms with van der Waals surface area (Å²) in [6.45, 7) is 3.23. The van der Waals surface area contributed by atoms with Gasteiger partial charge in [0.05, 0.1) is 10.8 Å². The average molecular weight is 405 g/mol. The van der Waals surface area contributed by atoms with Crippen molar-refractivity contribution in [3.63, 3.8) is 0 Å². The SMILES string of the molecule is CCCC(C(=O)N1CCN(S(=O)(=O)c2ccc(F)cc2)CC1)c1ccccc1. The van der Waals surface area contributed by atoms with Crippen LogP contribution in [0, 0.1) is 5.82 Å². The molecule has 1 aliphatic rings. The molecule has 1 saturated heterocycles. The number of hydrogen-bond acceptors (Lipinski definition) is 3. The minimum atomic E-state index is -3.68. The Kier molecular flexibility index (Phi) is 6.46. The number of rotatable bonds is 6. The maximum Gasteiger partial charge on any atom is 0.243 e. The lowest BCUT2D eigenvalue weighted by molar-refractivity contribution is -0.134. The van der Waals surface area contributed by atoms with Crippen LogP contribution in [-0.4, -0.2) is 49.7 Å². The molecule has 1 unspecified atom stereocenters. The highest BCUT2D eigenvalue weighted by molar-refractivity contribution is 7.89. The summed E-state index contributed by atoms with van der Waals surface area (Å²) in [6, 6.07) is 14.5. The molecule has 0 radical (unpaired) electrons. The number of carbonyl (C=O) groups is 1. The highest BCUT2D eigenvalue weighted by Gasteiger charge is 2.32. The van der Waals surface area contributed by atoms with Crippen LogP contribution in [0.1, 0.15) is 31.2 Å². The first-order chi connectivity index (χ1) is 13.4. The van der Waals surface area contributed by atoms with Gasteiger partial charge in [0, 0.05) is 26.2 Å². The summed E-state index contributed by atoms with van der Waals surface area (Å²) in [5.74, 6) is -0.629. The van der Waals surface area contributed by atoms with Gasteiger partial charge in [-0.2, -0.15) is 4.31 Å². The van der Waals surface area contributed by atoms with Crippen LogP contribution in [0.15, 0.2) is 59.5 Å². The molecule has 3 rings (SSSR count). The van der Waals surface area contributed by atoms with E-state index < -0.39 is 15.8 Å². The molecule has 0 aromatic heterocycles. The third-order valence-corrected chi connectivity index (χ3v) is 6.99. The number of carbonyl (C=O) groups excluding carboxylic acids is 1. The predicted octanol–water partition coefficient (Wildman–Crippen LogP) is 3.24. The lowest BCUT2D eigenvalue weighted by atomic mass is 9.93. The van der Waals surface area contributed by atoms with Crippen LogP contribution in [0.25, 0.3) is 0 Å². The zero-order valence-electron chi connectivity index (χ0n) is 15.9. The normalized spacial score (nSPS) is 16.7. The molecule has 0 spiro atoms. The first-order valence-electron chi connectivity index (χ1n) is 9.53. The van der Waals surface area contributed by atoms with Crippen LogP contribution < -0.4 is 0 Å². The van der Waals surface area contributed by atoms with Crippen molar-refractivity contribution in [2.75, 3.05) is 26.2 Å². The van der Waals surface area contributed by atoms with Crippen LogP contribution in [0.5, 0.6) is 0 Å². The number of nitrogens with zero attached hydrogens (tertiary/aromatic N) is 2. The van der Waals surface area contributed by atoms with Crippen molar-refractivity contribution in [3.05, 3.63) is 66.0 Å². The second-order valence-corrected chi connectivity index (χ2v) is 8.87. The summed E-state index contributed by atoms with van der Waals surface area (Å²) >= 11 is 0. The number of sulfonamides is 1. The maximum absolute atomic E-state index is 13.1. The minimum absolute atomic E-state index is 0.0480. The lowest BCUT2D eigenvalue weighted by Crippen LogP contribution is -2.51. The standard InChI is InChI=1S/C21H25FN2O3S/c1-2-6-20(17-7-4-3-5-8-17)21(25)23-13-15-24(16-14-23)28(26,27)19-11-9-18(22)10-12-19/h3-5,7-12,20H,2,6,13-16H2,1H3. The van der Waals surface area contributed by atoms with Gasteiger partial charge in [-0.3, -0.25) is 4.79 Å². The van der Waals surface area contributed by atoms with Crippen LogP contribution in [0.4, 0.5) is 4.39 Å². The van der Waals surface area contributed by atoms with Gasteiger partial charge in [0.1, 0.15) is 5.82 Å². The fourth-order valence-corrected chi connectivity index (χ4v) is 4.95. The fourth-order valence-electron chi connectivity index (χ4n) is 3.53. The number of halogens is 1. The highest BCUT2D eigenvalue weighted by Crippen LogP contribution is 2.25. The van der Waals surface area contributed by atoms with Gasteiger partial charge in [0.15, 0.2) is 0 Å². The van der Waals surface area contributed by atoms with Crippen LogP contribution >= 0.6 is 0 Å². The molecule has 1 atom stereocenters. The Morgan fingerprint density at radius 3 is 2.18 bits per heavy atom. The second-order valence-electron chi connectivity index (χ2n) is 6.94. The van der Waals surface area contributed by atoms with Gasteiger partial charge in [-0.15, -0.1) is 0 Å². The van der Waals surface area contributed by atoms with Crippen molar-refractivity contribution < 1.29 is 17.6 Å². The van der Waals surface area contributed by atoms with E-state index in [0.717, 1.165) is 30.5 Å². The number of benzene rings is 2. The Morgan fingerprint density at radius 1 is 1.00 bits per heavy atom. The molecular weight excluding hydrogens is 379 g/mol. The first-order valence-corrected chi connectivity index (χ1v) is 11.0. The van der Waals surface area contributed by atoms with E-state index in [0.29, 0.717) is 13.1 Å². The van der Waals surface area contributed by atoms with E-state index in [1.54, 1.807) is 4.90 Å². The molecule has 5 nitrogen and oxygen atoms in total. The van der Waals surface area contributed by atoms with E-state index in [-0.39, 0.29) is 29.8 Å². The Morgan fingerprint density at radius 2 is 1.61 bits per heavy atom. The van der Waals surface area contributed by atoms with Gasteiger partial charge in [-0.05, 0) is 36.2 Å². The third kappa shape index (κ3) is 4.42. The minimum Gasteiger partial charge on any atom is -0.340 e. The Balaban J connectivity index is 1.68. The van der Waals surface area contributed by atoms with Crippen molar-refractivity contribution >= 4 is 15.9 Å². The van der Waals surface area contributed by atoms with E-state index in [1.165, 1.54) is 16.4 Å². The summed E-state index contributed by atoms with van der Waals surface area (Å²) in [6.07, 6.45) is 1.65. The van der Waals surface area contributed by atoms with Crippen LogP contribution in [0.3, 0.4) is 0 Å². The smallest absolute Gasteiger partial charge is 0.243 e. The Hall–Kier alpha value is -2.25. The van der Waals surface area contributed by atoms with E-state index >= 15 is 0 Å². The number of hydrogen-bond donors (Lipinski definition) is 0. The average Bonchev–Trinajstić information content (AvgIpc) is 2.72. The summed E-state index contributed by atoms with van der Waals surface area (Å²) < 4.78 is 39.9. The molecule has 28 heavy (non-hydrogen) atoms. The van der Waals surface area contributed by atoms with E-state index in [9.17, 15) is 17.6 Å². The van der Waals surface area contributed by atoms with Crippen molar-refractivity contribution in [1.29, 1.82) is 0 Å². The molecule has 0 bridgehead atoms. The van der Waals surface area contributed by atoms with Gasteiger partial charge < -0.3 is 4.90 Å². The van der Waals surface area contributed by atoms with Gasteiger partial charge in [0.2, 0.25) is 15.9 Å². The molecule has 0 saturated carbocycles. The molecule has 1 fully saturated rings. The molecule has 1 aliphatic heterocycles. The van der Waals surface area contributed by atoms with Gasteiger partial charge in [0.25, 0.3) is 0 Å². The quantitative estimate of drug-likeness (QED) is 0.743. The van der Waals surface area contributed by atoms with Crippen LogP contribution in [0.2, 0.25) is 0 Å². The number of piperazine rings is 1. The monoisotopic (exact) mass is 404 g/mol. The predicted molar refractivity (Wildman–Crippen MR) is 106 cm³/mol. The van der Waals surface area contributed by atoms with E-state index in [1.807, 2.05) is 30.3 Å². The Labute approximate surface area is 165 Å². The van der Waals surface area contributed by atoms with Gasteiger partial charge >= 0.3 is 0 Å². The zero-order chi connectivity index (χ0) is 20.1. The van der Waals surface area contributed by atoms with Crippen LogP contribution in [-0.2, 0) is 14.8 Å². The van der Waals surface area contributed by atoms with E-state index in [4.69, 9.17) is 0 Å². The maximum atomic E-state index is 13.1. The molecular formula is C21H25FN2O3S. The summed E-state index contributed by atoms with van der Waals surface area (Å²) in [4.78, 5) is 14.9. The number of amides is 1. The fraction of sp³-hybridized carbons (Fsp3) is 0.381. The lowest BCUT2D eigenvalue weighted by Gasteiger charge is -2.36. The molecule has 1 heterocycles.